The van der Waals surface area contributed by atoms with Crippen LogP contribution in [-0.2, 0) is 9.53 Å². The molecule has 1 aromatic rings. The van der Waals surface area contributed by atoms with Crippen molar-refractivity contribution in [2.24, 2.45) is 16.6 Å². The lowest BCUT2D eigenvalue weighted by molar-refractivity contribution is -0.110. The van der Waals surface area contributed by atoms with E-state index >= 15 is 0 Å². The first-order valence-electron chi connectivity index (χ1n) is 10.8. The summed E-state index contributed by atoms with van der Waals surface area (Å²) in [5.41, 5.74) is 6.67. The van der Waals surface area contributed by atoms with Crippen LogP contribution < -0.4 is 16.4 Å². The minimum Gasteiger partial charge on any atom is -0.449 e. The van der Waals surface area contributed by atoms with Gasteiger partial charge in [-0.1, -0.05) is 6.92 Å². The van der Waals surface area contributed by atoms with E-state index in [0.29, 0.717) is 37.4 Å². The number of alkyl carbamates (subject to hydrolysis) is 1. The fourth-order valence-electron chi connectivity index (χ4n) is 3.43. The third-order valence-corrected chi connectivity index (χ3v) is 5.11. The Labute approximate surface area is 183 Å². The van der Waals surface area contributed by atoms with E-state index in [9.17, 15) is 9.59 Å². The highest BCUT2D eigenvalue weighted by Gasteiger charge is 2.28. The van der Waals surface area contributed by atoms with Crippen LogP contribution in [0.15, 0.2) is 23.3 Å². The smallest absolute Gasteiger partial charge is 0.407 e. The number of likely N-dealkylation sites (N-methyl/N-ethyl adjacent to an activating group) is 1. The number of ether oxygens (including phenoxy) is 1. The number of H-pyrrole nitrogens is 1. The van der Waals surface area contributed by atoms with E-state index in [1.807, 2.05) is 32.0 Å². The maximum absolute atomic E-state index is 12.5. The number of aromatic nitrogens is 2. The summed E-state index contributed by atoms with van der Waals surface area (Å²) in [5.74, 6) is 0.713. The van der Waals surface area contributed by atoms with E-state index < -0.39 is 0 Å². The molecule has 2 rings (SSSR count). The Morgan fingerprint density at radius 1 is 1.42 bits per heavy atom. The number of nitrogens with two attached hydrogens (primary N) is 1. The van der Waals surface area contributed by atoms with Crippen LogP contribution in [0.1, 0.15) is 44.2 Å². The molecule has 0 radical (unpaired) electrons. The highest BCUT2D eigenvalue weighted by Crippen LogP contribution is 2.38. The molecule has 2 atom stereocenters. The fourth-order valence-corrected chi connectivity index (χ4v) is 3.43. The lowest BCUT2D eigenvalue weighted by Gasteiger charge is -2.11. The molecule has 0 aromatic carbocycles. The molecule has 1 unspecified atom stereocenters. The minimum absolute atomic E-state index is 0.258. The van der Waals surface area contributed by atoms with E-state index in [-0.39, 0.29) is 17.7 Å². The number of carbonyl (C=O) groups excluding carboxylic acids is 2. The number of amides is 2. The molecule has 10 nitrogen and oxygen atoms in total. The molecule has 1 aliphatic rings. The summed E-state index contributed by atoms with van der Waals surface area (Å²) in [7, 11) is 3.89. The van der Waals surface area contributed by atoms with Crippen LogP contribution in [0.3, 0.4) is 0 Å². The number of anilines is 1. The first-order valence-corrected chi connectivity index (χ1v) is 10.8. The van der Waals surface area contributed by atoms with Crippen molar-refractivity contribution in [3.8, 4) is 0 Å². The van der Waals surface area contributed by atoms with Crippen LogP contribution >= 0.6 is 0 Å². The van der Waals surface area contributed by atoms with Crippen molar-refractivity contribution < 1.29 is 14.3 Å². The Morgan fingerprint density at radius 3 is 2.94 bits per heavy atom. The van der Waals surface area contributed by atoms with E-state index in [1.54, 1.807) is 0 Å². The number of hydrogen-bond acceptors (Lipinski definition) is 7. The molecule has 1 fully saturated rings. The molecule has 5 N–H and O–H groups in total. The van der Waals surface area contributed by atoms with Gasteiger partial charge in [0.1, 0.15) is 5.71 Å². The first kappa shape index (κ1) is 24.4. The van der Waals surface area contributed by atoms with Gasteiger partial charge in [-0.05, 0) is 58.0 Å². The summed E-state index contributed by atoms with van der Waals surface area (Å²) in [6.45, 7) is 4.26. The lowest BCUT2D eigenvalue weighted by Crippen LogP contribution is -2.26. The van der Waals surface area contributed by atoms with Crippen molar-refractivity contribution in [1.82, 2.24) is 20.4 Å². The molecule has 1 saturated carbocycles. The average molecular weight is 434 g/mol. The van der Waals surface area contributed by atoms with Crippen molar-refractivity contribution in [3.05, 3.63) is 24.0 Å². The molecule has 10 heteroatoms. The van der Waals surface area contributed by atoms with Gasteiger partial charge in [0.05, 0.1) is 13.2 Å². The summed E-state index contributed by atoms with van der Waals surface area (Å²) >= 11 is 0. The number of nitrogens with zero attached hydrogens (tertiary/aromatic N) is 3. The quantitative estimate of drug-likeness (QED) is 0.393. The first-order chi connectivity index (χ1) is 14.9. The highest BCUT2D eigenvalue weighted by atomic mass is 16.5. The van der Waals surface area contributed by atoms with Crippen molar-refractivity contribution in [2.75, 3.05) is 45.7 Å². The van der Waals surface area contributed by atoms with Gasteiger partial charge in [-0.15, -0.1) is 0 Å². The van der Waals surface area contributed by atoms with E-state index in [4.69, 9.17) is 10.5 Å². The Kier molecular flexibility index (Phi) is 10.0. The SMILES string of the molecule is CCCNC(=O)OCC1CC[C@H](c2cc(NC(=O)C(/C=C\N)=NCCN(C)C)n[nH]2)C1. The molecular weight excluding hydrogens is 398 g/mol. The topological polar surface area (TPSA) is 138 Å². The zero-order chi connectivity index (χ0) is 22.6. The van der Waals surface area contributed by atoms with Crippen molar-refractivity contribution >= 4 is 23.5 Å². The van der Waals surface area contributed by atoms with Crippen molar-refractivity contribution in [1.29, 1.82) is 0 Å². The number of hydrogen-bond donors (Lipinski definition) is 4. The van der Waals surface area contributed by atoms with Crippen LogP contribution in [0.2, 0.25) is 0 Å². The summed E-state index contributed by atoms with van der Waals surface area (Å²) in [4.78, 5) is 30.4. The molecule has 172 valence electrons. The van der Waals surface area contributed by atoms with Crippen LogP contribution in [0.5, 0.6) is 0 Å². The largest absolute Gasteiger partial charge is 0.449 e. The molecule has 1 aromatic heterocycles. The molecule has 2 amide bonds. The fraction of sp³-hybridized carbons (Fsp3) is 0.619. The second-order valence-corrected chi connectivity index (χ2v) is 7.99. The molecule has 1 aliphatic carbocycles. The van der Waals surface area contributed by atoms with Crippen molar-refractivity contribution in [3.63, 3.8) is 0 Å². The number of nitrogens with one attached hydrogen (secondary N) is 3. The molecule has 1 heterocycles. The van der Waals surface area contributed by atoms with Crippen molar-refractivity contribution in [2.45, 2.75) is 38.5 Å². The number of carbonyl (C=O) groups is 2. The summed E-state index contributed by atoms with van der Waals surface area (Å²) in [6.07, 6.45) is 6.18. The monoisotopic (exact) mass is 433 g/mol. The second-order valence-electron chi connectivity index (χ2n) is 7.99. The Hall–Kier alpha value is -2.88. The lowest BCUT2D eigenvalue weighted by atomic mass is 10.0. The third-order valence-electron chi connectivity index (χ3n) is 5.11. The van der Waals surface area contributed by atoms with Crippen LogP contribution in [0.25, 0.3) is 0 Å². The Balaban J connectivity index is 1.85. The standard InChI is InChI=1S/C21H35N7O3/c1-4-9-24-21(30)31-14-15-5-6-16(12-15)18-13-19(27-26-18)25-20(29)17(7-8-22)23-10-11-28(2)3/h7-8,13,15-16H,4-6,9-12,14,22H2,1-3H3,(H,24,30)(H2,25,26,27,29)/b8-7-,23-17?/t15?,16-/m0/s1. The number of rotatable bonds is 11. The highest BCUT2D eigenvalue weighted by molar-refractivity contribution is 6.47. The zero-order valence-corrected chi connectivity index (χ0v) is 18.7. The van der Waals surface area contributed by atoms with Gasteiger partial charge in [0.15, 0.2) is 5.82 Å². The van der Waals surface area contributed by atoms with E-state index in [1.165, 1.54) is 12.3 Å². The summed E-state index contributed by atoms with van der Waals surface area (Å²) in [5, 5.41) is 12.7. The summed E-state index contributed by atoms with van der Waals surface area (Å²) < 4.78 is 5.30. The van der Waals surface area contributed by atoms with Gasteiger partial charge in [-0.25, -0.2) is 4.79 Å². The third kappa shape index (κ3) is 8.41. The van der Waals surface area contributed by atoms with Crippen LogP contribution in [0.4, 0.5) is 10.6 Å². The number of aliphatic imine (C=N–C) groups is 1. The molecule has 0 saturated heterocycles. The van der Waals surface area contributed by atoms with Gasteiger partial charge in [-0.3, -0.25) is 14.9 Å². The van der Waals surface area contributed by atoms with Gasteiger partial charge in [-0.2, -0.15) is 5.10 Å². The molecule has 0 aliphatic heterocycles. The van der Waals surface area contributed by atoms with Gasteiger partial charge in [0, 0.05) is 30.8 Å². The Bertz CT molecular complexity index is 773. The van der Waals surface area contributed by atoms with Crippen LogP contribution in [-0.4, -0.2) is 73.1 Å². The van der Waals surface area contributed by atoms with Gasteiger partial charge in [0.25, 0.3) is 5.91 Å². The van der Waals surface area contributed by atoms with Gasteiger partial charge >= 0.3 is 6.09 Å². The van der Waals surface area contributed by atoms with Crippen LogP contribution in [0, 0.1) is 5.92 Å². The average Bonchev–Trinajstić information content (AvgIpc) is 3.39. The Morgan fingerprint density at radius 2 is 2.23 bits per heavy atom. The molecule has 31 heavy (non-hydrogen) atoms. The predicted molar refractivity (Wildman–Crippen MR) is 121 cm³/mol. The summed E-state index contributed by atoms with van der Waals surface area (Å²) in [6, 6.07) is 1.85. The normalized spacial score (nSPS) is 19.2. The molecule has 0 spiro atoms. The van der Waals surface area contributed by atoms with E-state index in [2.05, 4.69) is 25.8 Å². The number of aromatic amines is 1. The minimum atomic E-state index is -0.355. The van der Waals surface area contributed by atoms with Gasteiger partial charge < -0.3 is 26.0 Å². The maximum atomic E-state index is 12.5. The molecular formula is C21H35N7O3. The zero-order valence-electron chi connectivity index (χ0n) is 18.7. The predicted octanol–water partition coefficient (Wildman–Crippen LogP) is 1.84. The maximum Gasteiger partial charge on any atom is 0.407 e. The second kappa shape index (κ2) is 12.7. The van der Waals surface area contributed by atoms with E-state index in [0.717, 1.165) is 37.9 Å². The van der Waals surface area contributed by atoms with Gasteiger partial charge in [0.2, 0.25) is 0 Å². The molecule has 0 bridgehead atoms.